The molecule has 0 bridgehead atoms. The van der Waals surface area contributed by atoms with Gasteiger partial charge in [0, 0.05) is 6.20 Å². The normalized spacial score (nSPS) is 12.5. The van der Waals surface area contributed by atoms with Gasteiger partial charge in [-0.15, -0.1) is 0 Å². The van der Waals surface area contributed by atoms with Crippen LogP contribution in [0.15, 0.2) is 49.1 Å². The van der Waals surface area contributed by atoms with E-state index >= 15 is 0 Å². The van der Waals surface area contributed by atoms with E-state index < -0.39 is 30.8 Å². The van der Waals surface area contributed by atoms with Crippen LogP contribution in [-0.4, -0.2) is 53.7 Å². The lowest BCUT2D eigenvalue weighted by Crippen LogP contribution is -2.42. The summed E-state index contributed by atoms with van der Waals surface area (Å²) in [6.07, 6.45) is 3.15. The van der Waals surface area contributed by atoms with Crippen LogP contribution in [0.1, 0.15) is 36.3 Å². The number of carbonyl (C=O) groups excluding carboxylic acids is 1. The van der Waals surface area contributed by atoms with Gasteiger partial charge in [-0.2, -0.15) is 24.2 Å². The lowest BCUT2D eigenvalue weighted by atomic mass is 10.0. The average molecular weight is 498 g/mol. The van der Waals surface area contributed by atoms with E-state index in [1.165, 1.54) is 32.3 Å². The van der Waals surface area contributed by atoms with E-state index in [0.717, 1.165) is 12.4 Å². The number of fused-ring (bicyclic) bond motifs is 1. The first-order valence-electron chi connectivity index (χ1n) is 10.7. The number of pyridine rings is 1. The highest BCUT2D eigenvalue weighted by Gasteiger charge is 2.27. The summed E-state index contributed by atoms with van der Waals surface area (Å²) < 4.78 is 42.1. The standard InChI is InChI=1S/C23H21F3N8O2/c1-23(2,36)20(24)11-29-21(35)16-10-28-18(6-17(16)32-14-9-30-33(12-14)22(25)26)19-4-3-15-5-13(7-27)8-31-34(15)19/h3-6,8-10,12,20,22,36H,11H2,1-2H3,(H,28,32)(H,29,35). The summed E-state index contributed by atoms with van der Waals surface area (Å²) >= 11 is 0. The maximum absolute atomic E-state index is 14.2. The summed E-state index contributed by atoms with van der Waals surface area (Å²) in [6.45, 7) is -0.746. The van der Waals surface area contributed by atoms with Crippen LogP contribution in [0, 0.1) is 11.3 Å². The third-order valence-corrected chi connectivity index (χ3v) is 5.33. The third-order valence-electron chi connectivity index (χ3n) is 5.33. The molecular formula is C23H21F3N8O2. The Labute approximate surface area is 203 Å². The van der Waals surface area contributed by atoms with Gasteiger partial charge in [0.1, 0.15) is 12.2 Å². The fourth-order valence-corrected chi connectivity index (χ4v) is 3.33. The Hall–Kier alpha value is -4.44. The predicted octanol–water partition coefficient (Wildman–Crippen LogP) is 3.44. The van der Waals surface area contributed by atoms with Gasteiger partial charge in [0.15, 0.2) is 0 Å². The number of hydrogen-bond donors (Lipinski definition) is 3. The zero-order chi connectivity index (χ0) is 26.0. The number of aromatic nitrogens is 5. The zero-order valence-corrected chi connectivity index (χ0v) is 19.2. The average Bonchev–Trinajstić information content (AvgIpc) is 3.48. The number of anilines is 2. The van der Waals surface area contributed by atoms with Gasteiger partial charge < -0.3 is 15.7 Å². The van der Waals surface area contributed by atoms with Gasteiger partial charge in [-0.3, -0.25) is 9.78 Å². The number of nitrogens with zero attached hydrogens (tertiary/aromatic N) is 6. The van der Waals surface area contributed by atoms with Crippen LogP contribution in [0.3, 0.4) is 0 Å². The van der Waals surface area contributed by atoms with E-state index in [-0.39, 0.29) is 16.9 Å². The fraction of sp³-hybridized carbons (Fsp3) is 0.261. The molecule has 0 aliphatic carbocycles. The summed E-state index contributed by atoms with van der Waals surface area (Å²) in [5.41, 5.74) is 0.656. The van der Waals surface area contributed by atoms with Crippen molar-refractivity contribution in [2.24, 2.45) is 0 Å². The molecule has 0 aliphatic rings. The van der Waals surface area contributed by atoms with Crippen LogP contribution in [0.5, 0.6) is 0 Å². The fourth-order valence-electron chi connectivity index (χ4n) is 3.33. The third kappa shape index (κ3) is 5.13. The molecule has 4 aromatic rings. The molecule has 0 fully saturated rings. The number of hydrogen-bond acceptors (Lipinski definition) is 7. The number of rotatable bonds is 8. The van der Waals surface area contributed by atoms with Gasteiger partial charge in [-0.1, -0.05) is 0 Å². The van der Waals surface area contributed by atoms with Crippen LogP contribution in [0.4, 0.5) is 24.5 Å². The second-order valence-electron chi connectivity index (χ2n) is 8.47. The molecule has 0 saturated carbocycles. The molecular weight excluding hydrogens is 477 g/mol. The molecule has 0 saturated heterocycles. The largest absolute Gasteiger partial charge is 0.387 e. The molecule has 1 amide bonds. The first kappa shape index (κ1) is 24.7. The van der Waals surface area contributed by atoms with Crippen molar-refractivity contribution in [2.45, 2.75) is 32.2 Å². The quantitative estimate of drug-likeness (QED) is 0.339. The van der Waals surface area contributed by atoms with Gasteiger partial charge in [0.2, 0.25) is 0 Å². The summed E-state index contributed by atoms with van der Waals surface area (Å²) in [5, 5.41) is 32.0. The molecule has 4 aromatic heterocycles. The Morgan fingerprint density at radius 2 is 1.97 bits per heavy atom. The number of aliphatic hydroxyl groups is 1. The molecule has 36 heavy (non-hydrogen) atoms. The van der Waals surface area contributed by atoms with Gasteiger partial charge in [0.05, 0.1) is 70.1 Å². The van der Waals surface area contributed by atoms with Crippen molar-refractivity contribution >= 4 is 22.8 Å². The van der Waals surface area contributed by atoms with E-state index in [1.54, 1.807) is 22.7 Å². The number of nitriles is 1. The highest BCUT2D eigenvalue weighted by Crippen LogP contribution is 2.28. The smallest absolute Gasteiger partial charge is 0.333 e. The van der Waals surface area contributed by atoms with Crippen LogP contribution in [0.2, 0.25) is 0 Å². The lowest BCUT2D eigenvalue weighted by molar-refractivity contribution is -0.00177. The summed E-state index contributed by atoms with van der Waals surface area (Å²) in [5.74, 6) is -0.693. The second-order valence-corrected chi connectivity index (χ2v) is 8.47. The Bertz CT molecular complexity index is 1450. The molecule has 3 N–H and O–H groups in total. The Balaban J connectivity index is 1.70. The topological polar surface area (TPSA) is 133 Å². The van der Waals surface area contributed by atoms with Crippen molar-refractivity contribution in [1.29, 1.82) is 5.26 Å². The predicted molar refractivity (Wildman–Crippen MR) is 123 cm³/mol. The van der Waals surface area contributed by atoms with E-state index in [1.807, 2.05) is 6.07 Å². The van der Waals surface area contributed by atoms with E-state index in [0.29, 0.717) is 27.1 Å². The van der Waals surface area contributed by atoms with Gasteiger partial charge >= 0.3 is 6.55 Å². The van der Waals surface area contributed by atoms with Crippen molar-refractivity contribution in [3.8, 4) is 17.5 Å². The number of halogens is 3. The highest BCUT2D eigenvalue weighted by molar-refractivity contribution is 6.00. The van der Waals surface area contributed by atoms with E-state index in [9.17, 15) is 23.1 Å². The maximum Gasteiger partial charge on any atom is 0.333 e. The molecule has 0 aromatic carbocycles. The van der Waals surface area contributed by atoms with Crippen molar-refractivity contribution in [3.05, 3.63) is 60.2 Å². The SMILES string of the molecule is CC(C)(O)C(F)CNC(=O)c1cnc(-c2ccc3cc(C#N)cnn23)cc1Nc1cnn(C(F)F)c1. The minimum Gasteiger partial charge on any atom is -0.387 e. The number of alkyl halides is 3. The molecule has 4 rings (SSSR count). The second kappa shape index (κ2) is 9.67. The van der Waals surface area contributed by atoms with Crippen LogP contribution in [-0.2, 0) is 0 Å². The van der Waals surface area contributed by atoms with Gasteiger partial charge in [-0.05, 0) is 38.1 Å². The molecule has 1 unspecified atom stereocenters. The van der Waals surface area contributed by atoms with Crippen LogP contribution < -0.4 is 10.6 Å². The number of carbonyl (C=O) groups is 1. The Kier molecular flexibility index (Phi) is 6.63. The maximum atomic E-state index is 14.2. The minimum atomic E-state index is -2.85. The monoisotopic (exact) mass is 498 g/mol. The van der Waals surface area contributed by atoms with E-state index in [2.05, 4.69) is 25.8 Å². The van der Waals surface area contributed by atoms with Crippen molar-refractivity contribution < 1.29 is 23.1 Å². The zero-order valence-electron chi connectivity index (χ0n) is 19.2. The minimum absolute atomic E-state index is 0.00656. The highest BCUT2D eigenvalue weighted by atomic mass is 19.3. The van der Waals surface area contributed by atoms with Crippen LogP contribution in [0.25, 0.3) is 16.9 Å². The van der Waals surface area contributed by atoms with Crippen molar-refractivity contribution in [3.63, 3.8) is 0 Å². The molecule has 0 spiro atoms. The molecule has 186 valence electrons. The molecule has 13 heteroatoms. The molecule has 1 atom stereocenters. The summed E-state index contributed by atoms with van der Waals surface area (Å²) in [4.78, 5) is 17.2. The summed E-state index contributed by atoms with van der Waals surface area (Å²) in [7, 11) is 0. The number of nitrogens with one attached hydrogen (secondary N) is 2. The lowest BCUT2D eigenvalue weighted by Gasteiger charge is -2.22. The first-order chi connectivity index (χ1) is 17.1. The Morgan fingerprint density at radius 1 is 1.19 bits per heavy atom. The van der Waals surface area contributed by atoms with Crippen molar-refractivity contribution in [2.75, 3.05) is 11.9 Å². The molecule has 10 nitrogen and oxygen atoms in total. The molecule has 0 aliphatic heterocycles. The Morgan fingerprint density at radius 3 is 2.64 bits per heavy atom. The molecule has 4 heterocycles. The van der Waals surface area contributed by atoms with E-state index in [4.69, 9.17) is 5.26 Å². The number of amides is 1. The van der Waals surface area contributed by atoms with Crippen LogP contribution >= 0.6 is 0 Å². The summed E-state index contributed by atoms with van der Waals surface area (Å²) in [6, 6.07) is 8.63. The first-order valence-corrected chi connectivity index (χ1v) is 10.7. The van der Waals surface area contributed by atoms with Crippen molar-refractivity contribution in [1.82, 2.24) is 29.7 Å². The van der Waals surface area contributed by atoms with Gasteiger partial charge in [-0.25, -0.2) is 13.6 Å². The van der Waals surface area contributed by atoms with Gasteiger partial charge in [0.25, 0.3) is 5.91 Å². The molecule has 0 radical (unpaired) electrons.